The Morgan fingerprint density at radius 3 is 2.35 bits per heavy atom. The SMILES string of the molecule is O=c1[nH]c(Cc2ccc(C(F)(F)F)cc2)no1. The number of alkyl halides is 3. The van der Waals surface area contributed by atoms with Crippen LogP contribution in [0, 0.1) is 0 Å². The van der Waals surface area contributed by atoms with E-state index in [2.05, 4.69) is 14.7 Å². The molecule has 1 N–H and O–H groups in total. The van der Waals surface area contributed by atoms with Crippen LogP contribution in [-0.4, -0.2) is 10.1 Å². The van der Waals surface area contributed by atoms with Crippen molar-refractivity contribution in [2.24, 2.45) is 0 Å². The number of H-pyrrole nitrogens is 1. The van der Waals surface area contributed by atoms with E-state index in [0.29, 0.717) is 5.56 Å². The molecule has 0 radical (unpaired) electrons. The predicted molar refractivity (Wildman–Crippen MR) is 51.4 cm³/mol. The van der Waals surface area contributed by atoms with E-state index < -0.39 is 17.5 Å². The number of nitrogens with zero attached hydrogens (tertiary/aromatic N) is 1. The Hall–Kier alpha value is -2.05. The monoisotopic (exact) mass is 244 g/mol. The van der Waals surface area contributed by atoms with Crippen molar-refractivity contribution in [3.8, 4) is 0 Å². The summed E-state index contributed by atoms with van der Waals surface area (Å²) in [6.07, 6.45) is -4.13. The van der Waals surface area contributed by atoms with Crippen LogP contribution in [0.2, 0.25) is 0 Å². The van der Waals surface area contributed by atoms with Crippen LogP contribution in [0.3, 0.4) is 0 Å². The zero-order valence-electron chi connectivity index (χ0n) is 8.41. The molecule has 2 aromatic rings. The molecule has 0 aliphatic heterocycles. The first-order valence-electron chi connectivity index (χ1n) is 4.66. The minimum Gasteiger partial charge on any atom is -0.296 e. The highest BCUT2D eigenvalue weighted by Crippen LogP contribution is 2.29. The first kappa shape index (κ1) is 11.4. The van der Waals surface area contributed by atoms with E-state index in [0.717, 1.165) is 12.1 Å². The van der Waals surface area contributed by atoms with Crippen LogP contribution in [0.15, 0.2) is 33.6 Å². The molecule has 0 aliphatic carbocycles. The van der Waals surface area contributed by atoms with E-state index in [1.54, 1.807) is 0 Å². The maximum atomic E-state index is 12.3. The largest absolute Gasteiger partial charge is 0.438 e. The molecule has 4 nitrogen and oxygen atoms in total. The Morgan fingerprint density at radius 1 is 1.24 bits per heavy atom. The quantitative estimate of drug-likeness (QED) is 0.878. The number of nitrogens with one attached hydrogen (secondary N) is 1. The minimum atomic E-state index is -4.35. The summed E-state index contributed by atoms with van der Waals surface area (Å²) in [7, 11) is 0. The summed E-state index contributed by atoms with van der Waals surface area (Å²) in [6.45, 7) is 0. The fourth-order valence-electron chi connectivity index (χ4n) is 1.34. The molecule has 0 spiro atoms. The molecule has 7 heteroatoms. The summed E-state index contributed by atoms with van der Waals surface area (Å²) < 4.78 is 41.1. The highest BCUT2D eigenvalue weighted by atomic mass is 19.4. The van der Waals surface area contributed by atoms with Gasteiger partial charge in [-0.15, -0.1) is 0 Å². The molecular weight excluding hydrogens is 237 g/mol. The third-order valence-electron chi connectivity index (χ3n) is 2.14. The summed E-state index contributed by atoms with van der Waals surface area (Å²) >= 11 is 0. The number of halogens is 3. The molecule has 0 saturated heterocycles. The van der Waals surface area contributed by atoms with Gasteiger partial charge in [0.05, 0.1) is 5.56 Å². The summed E-state index contributed by atoms with van der Waals surface area (Å²) in [5, 5.41) is 3.42. The van der Waals surface area contributed by atoms with Gasteiger partial charge in [-0.2, -0.15) is 13.2 Å². The van der Waals surface area contributed by atoms with E-state index in [1.807, 2.05) is 0 Å². The van der Waals surface area contributed by atoms with Gasteiger partial charge >= 0.3 is 11.9 Å². The average Bonchev–Trinajstić information content (AvgIpc) is 2.63. The van der Waals surface area contributed by atoms with Crippen molar-refractivity contribution in [3.05, 3.63) is 51.8 Å². The molecule has 0 amide bonds. The summed E-state index contributed by atoms with van der Waals surface area (Å²) in [4.78, 5) is 12.9. The fourth-order valence-corrected chi connectivity index (χ4v) is 1.34. The molecule has 0 unspecified atom stereocenters. The van der Waals surface area contributed by atoms with Crippen molar-refractivity contribution in [1.82, 2.24) is 10.1 Å². The molecule has 0 saturated carbocycles. The van der Waals surface area contributed by atoms with Gasteiger partial charge in [-0.3, -0.25) is 9.51 Å². The summed E-state index contributed by atoms with van der Waals surface area (Å²) in [6, 6.07) is 4.62. The van der Waals surface area contributed by atoms with E-state index in [9.17, 15) is 18.0 Å². The molecule has 2 rings (SSSR count). The van der Waals surface area contributed by atoms with Crippen molar-refractivity contribution in [2.75, 3.05) is 0 Å². The second-order valence-corrected chi connectivity index (χ2v) is 3.41. The fraction of sp³-hybridized carbons (Fsp3) is 0.200. The Bertz CT molecular complexity index is 554. The zero-order valence-corrected chi connectivity index (χ0v) is 8.41. The van der Waals surface area contributed by atoms with Crippen LogP contribution < -0.4 is 5.76 Å². The van der Waals surface area contributed by atoms with Gasteiger partial charge < -0.3 is 0 Å². The lowest BCUT2D eigenvalue weighted by Gasteiger charge is -2.06. The molecule has 0 aliphatic rings. The lowest BCUT2D eigenvalue weighted by atomic mass is 10.1. The third kappa shape index (κ3) is 2.74. The lowest BCUT2D eigenvalue weighted by Crippen LogP contribution is -2.04. The van der Waals surface area contributed by atoms with Crippen molar-refractivity contribution in [3.63, 3.8) is 0 Å². The standard InChI is InChI=1S/C10H7F3N2O2/c11-10(12,13)7-3-1-6(2-4-7)5-8-14-9(16)17-15-8/h1-4H,5H2,(H,14,15,16). The van der Waals surface area contributed by atoms with E-state index >= 15 is 0 Å². The summed E-state index contributed by atoms with van der Waals surface area (Å²) in [5.74, 6) is -0.415. The van der Waals surface area contributed by atoms with Crippen LogP contribution in [0.5, 0.6) is 0 Å². The molecule has 1 aromatic heterocycles. The Labute approximate surface area is 93.1 Å². The Kier molecular flexibility index (Phi) is 2.74. The first-order valence-corrected chi connectivity index (χ1v) is 4.66. The van der Waals surface area contributed by atoms with Crippen LogP contribution >= 0.6 is 0 Å². The first-order chi connectivity index (χ1) is 7.95. The minimum absolute atomic E-state index is 0.212. The van der Waals surface area contributed by atoms with Crippen molar-refractivity contribution < 1.29 is 17.7 Å². The topological polar surface area (TPSA) is 58.9 Å². The zero-order chi connectivity index (χ0) is 12.5. The smallest absolute Gasteiger partial charge is 0.296 e. The van der Waals surface area contributed by atoms with Crippen molar-refractivity contribution in [1.29, 1.82) is 0 Å². The number of rotatable bonds is 2. The third-order valence-corrected chi connectivity index (χ3v) is 2.14. The van der Waals surface area contributed by atoms with Crippen LogP contribution in [0.4, 0.5) is 13.2 Å². The van der Waals surface area contributed by atoms with Gasteiger partial charge in [0.15, 0.2) is 5.82 Å². The predicted octanol–water partition coefficient (Wildman–Crippen LogP) is 1.97. The van der Waals surface area contributed by atoms with Gasteiger partial charge in [0.25, 0.3) is 0 Å². The van der Waals surface area contributed by atoms with Gasteiger partial charge in [0.1, 0.15) is 0 Å². The maximum Gasteiger partial charge on any atom is 0.438 e. The molecule has 0 fully saturated rings. The molecular formula is C10H7F3N2O2. The van der Waals surface area contributed by atoms with Crippen LogP contribution in [0.1, 0.15) is 17.0 Å². The molecule has 0 atom stereocenters. The normalized spacial score (nSPS) is 11.7. The number of benzene rings is 1. The van der Waals surface area contributed by atoms with E-state index in [1.165, 1.54) is 12.1 Å². The van der Waals surface area contributed by atoms with Crippen molar-refractivity contribution in [2.45, 2.75) is 12.6 Å². The Balaban J connectivity index is 2.16. The average molecular weight is 244 g/mol. The van der Waals surface area contributed by atoms with E-state index in [4.69, 9.17) is 0 Å². The molecule has 17 heavy (non-hydrogen) atoms. The van der Waals surface area contributed by atoms with E-state index in [-0.39, 0.29) is 12.2 Å². The maximum absolute atomic E-state index is 12.3. The second-order valence-electron chi connectivity index (χ2n) is 3.41. The number of aromatic nitrogens is 2. The van der Waals surface area contributed by atoms with Gasteiger partial charge in [-0.1, -0.05) is 17.3 Å². The van der Waals surface area contributed by atoms with Gasteiger partial charge in [0, 0.05) is 6.42 Å². The molecule has 1 aromatic carbocycles. The number of hydrogen-bond donors (Lipinski definition) is 1. The highest BCUT2D eigenvalue weighted by Gasteiger charge is 2.29. The van der Waals surface area contributed by atoms with Gasteiger partial charge in [0.2, 0.25) is 0 Å². The molecule has 90 valence electrons. The number of hydrogen-bond acceptors (Lipinski definition) is 3. The Morgan fingerprint density at radius 2 is 1.88 bits per heavy atom. The van der Waals surface area contributed by atoms with Crippen LogP contribution in [-0.2, 0) is 12.6 Å². The van der Waals surface area contributed by atoms with Crippen molar-refractivity contribution >= 4 is 0 Å². The highest BCUT2D eigenvalue weighted by molar-refractivity contribution is 5.26. The lowest BCUT2D eigenvalue weighted by molar-refractivity contribution is -0.137. The molecule has 1 heterocycles. The second kappa shape index (κ2) is 4.08. The van der Waals surface area contributed by atoms with Gasteiger partial charge in [-0.25, -0.2) is 4.79 Å². The number of aromatic amines is 1. The molecule has 0 bridgehead atoms. The van der Waals surface area contributed by atoms with Crippen LogP contribution in [0.25, 0.3) is 0 Å². The summed E-state index contributed by atoms with van der Waals surface area (Å²) in [5.41, 5.74) is -0.113. The van der Waals surface area contributed by atoms with Gasteiger partial charge in [-0.05, 0) is 17.7 Å².